The fourth-order valence-electron chi connectivity index (χ4n) is 2.94. The summed E-state index contributed by atoms with van der Waals surface area (Å²) in [5, 5.41) is 0. The molecular weight excluding hydrogens is 236 g/mol. The van der Waals surface area contributed by atoms with Crippen molar-refractivity contribution in [2.75, 3.05) is 20.2 Å². The van der Waals surface area contributed by atoms with Crippen LogP contribution in [0.3, 0.4) is 0 Å². The summed E-state index contributed by atoms with van der Waals surface area (Å²) in [6, 6.07) is 6.41. The monoisotopic (exact) mass is 262 g/mol. The van der Waals surface area contributed by atoms with Crippen molar-refractivity contribution in [1.29, 1.82) is 0 Å². The summed E-state index contributed by atoms with van der Waals surface area (Å²) in [5.41, 5.74) is 8.11. The van der Waals surface area contributed by atoms with Crippen LogP contribution >= 0.6 is 0 Å². The van der Waals surface area contributed by atoms with E-state index >= 15 is 0 Å². The van der Waals surface area contributed by atoms with Crippen molar-refractivity contribution >= 4 is 0 Å². The van der Waals surface area contributed by atoms with E-state index < -0.39 is 0 Å². The summed E-state index contributed by atoms with van der Waals surface area (Å²) in [6.07, 6.45) is 4.02. The number of nitrogens with two attached hydrogens (primary N) is 1. The van der Waals surface area contributed by atoms with Crippen molar-refractivity contribution in [3.05, 3.63) is 29.3 Å². The van der Waals surface area contributed by atoms with Gasteiger partial charge in [-0.05, 0) is 36.9 Å². The maximum Gasteiger partial charge on any atom is 0.123 e. The van der Waals surface area contributed by atoms with Gasteiger partial charge in [-0.2, -0.15) is 0 Å². The molecule has 1 aromatic rings. The van der Waals surface area contributed by atoms with E-state index in [1.54, 1.807) is 7.11 Å². The minimum absolute atomic E-state index is 0.533. The van der Waals surface area contributed by atoms with Gasteiger partial charge in [-0.3, -0.25) is 4.90 Å². The van der Waals surface area contributed by atoms with Crippen LogP contribution in [0.5, 0.6) is 5.75 Å². The van der Waals surface area contributed by atoms with Crippen LogP contribution in [0.25, 0.3) is 0 Å². The van der Waals surface area contributed by atoms with E-state index in [0.717, 1.165) is 23.8 Å². The van der Waals surface area contributed by atoms with Crippen LogP contribution in [-0.2, 0) is 13.1 Å². The van der Waals surface area contributed by atoms with Crippen LogP contribution in [0.2, 0.25) is 0 Å². The van der Waals surface area contributed by atoms with Gasteiger partial charge in [0.05, 0.1) is 7.11 Å². The van der Waals surface area contributed by atoms with E-state index in [9.17, 15) is 0 Å². The Bertz CT molecular complexity index is 406. The number of piperidine rings is 1. The molecule has 1 saturated heterocycles. The fourth-order valence-corrected chi connectivity index (χ4v) is 2.94. The zero-order chi connectivity index (χ0) is 13.7. The fraction of sp³-hybridized carbons (Fsp3) is 0.625. The second-order valence-corrected chi connectivity index (χ2v) is 5.50. The average Bonchev–Trinajstić information content (AvgIpc) is 2.47. The van der Waals surface area contributed by atoms with Crippen molar-refractivity contribution in [3.8, 4) is 5.75 Å². The molecule has 19 heavy (non-hydrogen) atoms. The van der Waals surface area contributed by atoms with Gasteiger partial charge in [0.2, 0.25) is 0 Å². The molecule has 1 heterocycles. The SMILES string of the molecule is CCC1CCCN(Cc2ccc(CN)c(OC)c2)C1. The quantitative estimate of drug-likeness (QED) is 0.887. The number of likely N-dealkylation sites (tertiary alicyclic amines) is 1. The number of hydrogen-bond donors (Lipinski definition) is 1. The summed E-state index contributed by atoms with van der Waals surface area (Å²) in [6.45, 7) is 6.31. The standard InChI is InChI=1S/C16H26N2O/c1-3-13-5-4-8-18(11-13)12-14-6-7-15(10-17)16(9-14)19-2/h6-7,9,13H,3-5,8,10-12,17H2,1-2H3. The van der Waals surface area contributed by atoms with Crippen molar-refractivity contribution in [1.82, 2.24) is 4.90 Å². The Morgan fingerprint density at radius 2 is 2.26 bits per heavy atom. The molecule has 1 aliphatic heterocycles. The van der Waals surface area contributed by atoms with Gasteiger partial charge in [-0.25, -0.2) is 0 Å². The zero-order valence-corrected chi connectivity index (χ0v) is 12.2. The molecule has 3 nitrogen and oxygen atoms in total. The van der Waals surface area contributed by atoms with Crippen LogP contribution in [-0.4, -0.2) is 25.1 Å². The highest BCUT2D eigenvalue weighted by Crippen LogP contribution is 2.24. The summed E-state index contributed by atoms with van der Waals surface area (Å²) >= 11 is 0. The smallest absolute Gasteiger partial charge is 0.123 e. The first kappa shape index (κ1) is 14.4. The van der Waals surface area contributed by atoms with Gasteiger partial charge in [-0.15, -0.1) is 0 Å². The average molecular weight is 262 g/mol. The van der Waals surface area contributed by atoms with Crippen LogP contribution in [0.4, 0.5) is 0 Å². The number of nitrogens with zero attached hydrogens (tertiary/aromatic N) is 1. The number of hydrogen-bond acceptors (Lipinski definition) is 3. The van der Waals surface area contributed by atoms with E-state index in [1.807, 2.05) is 0 Å². The zero-order valence-electron chi connectivity index (χ0n) is 12.2. The molecule has 1 atom stereocenters. The molecule has 1 aliphatic rings. The van der Waals surface area contributed by atoms with Crippen LogP contribution < -0.4 is 10.5 Å². The highest BCUT2D eigenvalue weighted by Gasteiger charge is 2.18. The minimum Gasteiger partial charge on any atom is -0.496 e. The number of benzene rings is 1. The third-order valence-electron chi connectivity index (χ3n) is 4.16. The van der Waals surface area contributed by atoms with Gasteiger partial charge in [0.1, 0.15) is 5.75 Å². The van der Waals surface area contributed by atoms with Gasteiger partial charge >= 0.3 is 0 Å². The first-order valence-electron chi connectivity index (χ1n) is 7.35. The molecule has 0 bridgehead atoms. The molecule has 1 aromatic carbocycles. The third-order valence-corrected chi connectivity index (χ3v) is 4.16. The maximum absolute atomic E-state index is 5.71. The molecule has 2 N–H and O–H groups in total. The van der Waals surface area contributed by atoms with E-state index in [1.165, 1.54) is 37.9 Å². The minimum atomic E-state index is 0.533. The second-order valence-electron chi connectivity index (χ2n) is 5.50. The van der Waals surface area contributed by atoms with Gasteiger partial charge in [0, 0.05) is 25.2 Å². The maximum atomic E-state index is 5.71. The second kappa shape index (κ2) is 6.92. The van der Waals surface area contributed by atoms with Crippen LogP contribution in [0.15, 0.2) is 18.2 Å². The summed E-state index contributed by atoms with van der Waals surface area (Å²) in [4.78, 5) is 2.56. The molecule has 3 heteroatoms. The molecule has 2 rings (SSSR count). The molecule has 0 spiro atoms. The van der Waals surface area contributed by atoms with Crippen molar-refractivity contribution in [3.63, 3.8) is 0 Å². The van der Waals surface area contributed by atoms with Crippen molar-refractivity contribution < 1.29 is 4.74 Å². The van der Waals surface area contributed by atoms with Gasteiger partial charge < -0.3 is 10.5 Å². The van der Waals surface area contributed by atoms with Gasteiger partial charge in [-0.1, -0.05) is 25.5 Å². The van der Waals surface area contributed by atoms with Gasteiger partial charge in [0.25, 0.3) is 0 Å². The number of methoxy groups -OCH3 is 1. The lowest BCUT2D eigenvalue weighted by molar-refractivity contribution is 0.164. The van der Waals surface area contributed by atoms with Crippen LogP contribution in [0, 0.1) is 5.92 Å². The Kier molecular flexibility index (Phi) is 5.23. The first-order valence-corrected chi connectivity index (χ1v) is 7.35. The van der Waals surface area contributed by atoms with Gasteiger partial charge in [0.15, 0.2) is 0 Å². The topological polar surface area (TPSA) is 38.5 Å². The van der Waals surface area contributed by atoms with E-state index in [2.05, 4.69) is 30.0 Å². The van der Waals surface area contributed by atoms with E-state index in [0.29, 0.717) is 6.54 Å². The predicted octanol–water partition coefficient (Wildman–Crippen LogP) is 2.78. The van der Waals surface area contributed by atoms with Crippen LogP contribution in [0.1, 0.15) is 37.3 Å². The van der Waals surface area contributed by atoms with E-state index in [4.69, 9.17) is 10.5 Å². The summed E-state index contributed by atoms with van der Waals surface area (Å²) in [7, 11) is 1.71. The predicted molar refractivity (Wildman–Crippen MR) is 79.2 cm³/mol. The molecule has 0 amide bonds. The Morgan fingerprint density at radius 3 is 2.95 bits per heavy atom. The number of rotatable bonds is 5. The molecule has 1 unspecified atom stereocenters. The molecular formula is C16H26N2O. The molecule has 1 fully saturated rings. The lowest BCUT2D eigenvalue weighted by Gasteiger charge is -2.32. The lowest BCUT2D eigenvalue weighted by Crippen LogP contribution is -2.34. The largest absolute Gasteiger partial charge is 0.496 e. The Labute approximate surface area is 116 Å². The molecule has 0 aromatic heterocycles. The Morgan fingerprint density at radius 1 is 1.42 bits per heavy atom. The first-order chi connectivity index (χ1) is 9.26. The summed E-state index contributed by atoms with van der Waals surface area (Å²) < 4.78 is 5.41. The highest BCUT2D eigenvalue weighted by molar-refractivity contribution is 5.37. The van der Waals surface area contributed by atoms with E-state index in [-0.39, 0.29) is 0 Å². The Balaban J connectivity index is 2.02. The lowest BCUT2D eigenvalue weighted by atomic mass is 9.95. The van der Waals surface area contributed by atoms with Crippen molar-refractivity contribution in [2.45, 2.75) is 39.3 Å². The molecule has 0 radical (unpaired) electrons. The number of ether oxygens (including phenoxy) is 1. The molecule has 106 valence electrons. The van der Waals surface area contributed by atoms with Crippen molar-refractivity contribution in [2.24, 2.45) is 11.7 Å². The Hall–Kier alpha value is -1.06. The third kappa shape index (κ3) is 3.71. The normalized spacial score (nSPS) is 20.5. The highest BCUT2D eigenvalue weighted by atomic mass is 16.5. The molecule has 0 saturated carbocycles. The molecule has 0 aliphatic carbocycles. The summed E-state index contributed by atoms with van der Waals surface area (Å²) in [5.74, 6) is 1.79.